The van der Waals surface area contributed by atoms with Gasteiger partial charge in [0.05, 0.1) is 0 Å². The fourth-order valence-electron chi connectivity index (χ4n) is 4.35. The summed E-state index contributed by atoms with van der Waals surface area (Å²) in [4.78, 5) is 50.5. The van der Waals surface area contributed by atoms with E-state index in [9.17, 15) is 19.2 Å². The number of hydrogen-bond acceptors (Lipinski definition) is 5. The Bertz CT molecular complexity index is 1120. The molecule has 0 aliphatic heterocycles. The standard InChI is InChI=1S/C31H44N2O5/c1-21(29(37)32-20-24-13-10-12-23-11-8-9-14-26(23)24)17-25(34)18-22(19-28(36)38-31(5,6)7)15-16-27(35)33-30(2,3)4/h8-14,21-22H,15-20H2,1-7H3,(H,32,37)(H,33,35)/t21-,22+/m1/s1. The van der Waals surface area contributed by atoms with Crippen LogP contribution in [0.5, 0.6) is 0 Å². The van der Waals surface area contributed by atoms with Gasteiger partial charge in [-0.1, -0.05) is 49.4 Å². The van der Waals surface area contributed by atoms with E-state index in [0.29, 0.717) is 13.0 Å². The second-order valence-electron chi connectivity index (χ2n) is 12.2. The van der Waals surface area contributed by atoms with E-state index in [-0.39, 0.29) is 54.7 Å². The first-order chi connectivity index (χ1) is 17.6. The van der Waals surface area contributed by atoms with Crippen LogP contribution < -0.4 is 10.6 Å². The lowest BCUT2D eigenvalue weighted by Crippen LogP contribution is -2.40. The van der Waals surface area contributed by atoms with Gasteiger partial charge in [0.1, 0.15) is 11.4 Å². The number of nitrogens with one attached hydrogen (secondary N) is 2. The van der Waals surface area contributed by atoms with E-state index >= 15 is 0 Å². The van der Waals surface area contributed by atoms with Crippen LogP contribution in [-0.2, 0) is 30.5 Å². The minimum Gasteiger partial charge on any atom is -0.460 e. The predicted octanol–water partition coefficient (Wildman–Crippen LogP) is 5.48. The Balaban J connectivity index is 1.94. The van der Waals surface area contributed by atoms with Crippen LogP contribution in [0.2, 0.25) is 0 Å². The second-order valence-corrected chi connectivity index (χ2v) is 12.2. The highest BCUT2D eigenvalue weighted by Gasteiger charge is 2.25. The molecular formula is C31H44N2O5. The molecule has 0 bridgehead atoms. The minimum atomic E-state index is -0.633. The van der Waals surface area contributed by atoms with E-state index in [1.165, 1.54) is 0 Å². The molecule has 0 unspecified atom stereocenters. The number of carbonyl (C=O) groups is 4. The van der Waals surface area contributed by atoms with Crippen LogP contribution in [-0.4, -0.2) is 34.7 Å². The summed E-state index contributed by atoms with van der Waals surface area (Å²) < 4.78 is 5.45. The maximum Gasteiger partial charge on any atom is 0.306 e. The number of amides is 2. The number of ketones is 1. The molecule has 2 rings (SSSR count). The van der Waals surface area contributed by atoms with E-state index in [4.69, 9.17) is 4.74 Å². The Hall–Kier alpha value is -3.22. The smallest absolute Gasteiger partial charge is 0.306 e. The van der Waals surface area contributed by atoms with Crippen molar-refractivity contribution in [3.05, 3.63) is 48.0 Å². The number of hydrogen-bond donors (Lipinski definition) is 2. The Labute approximate surface area is 227 Å². The first-order valence-electron chi connectivity index (χ1n) is 13.4. The van der Waals surface area contributed by atoms with Crippen LogP contribution in [0.1, 0.15) is 86.1 Å². The summed E-state index contributed by atoms with van der Waals surface area (Å²) in [7, 11) is 0. The third-order valence-electron chi connectivity index (χ3n) is 6.00. The van der Waals surface area contributed by atoms with Gasteiger partial charge in [-0.05, 0) is 70.2 Å². The van der Waals surface area contributed by atoms with Gasteiger partial charge in [0.25, 0.3) is 0 Å². The third kappa shape index (κ3) is 11.4. The zero-order valence-electron chi connectivity index (χ0n) is 24.0. The number of Topliss-reactive ketones (excluding diaryl/α,β-unsaturated/α-hetero) is 1. The highest BCUT2D eigenvalue weighted by atomic mass is 16.6. The number of benzene rings is 2. The van der Waals surface area contributed by atoms with Gasteiger partial charge >= 0.3 is 5.97 Å². The largest absolute Gasteiger partial charge is 0.460 e. The van der Waals surface area contributed by atoms with Gasteiger partial charge < -0.3 is 15.4 Å². The lowest BCUT2D eigenvalue weighted by atomic mass is 9.90. The molecule has 0 saturated heterocycles. The Morgan fingerprint density at radius 1 is 0.868 bits per heavy atom. The molecule has 0 heterocycles. The van der Waals surface area contributed by atoms with Gasteiger partial charge in [-0.25, -0.2) is 0 Å². The molecule has 2 aromatic rings. The molecule has 0 aromatic heterocycles. The average Bonchev–Trinajstić information content (AvgIpc) is 2.78. The fourth-order valence-corrected chi connectivity index (χ4v) is 4.35. The van der Waals surface area contributed by atoms with Gasteiger partial charge in [-0.2, -0.15) is 0 Å². The number of rotatable bonds is 12. The maximum absolute atomic E-state index is 12.9. The Morgan fingerprint density at radius 2 is 1.53 bits per heavy atom. The van der Waals surface area contributed by atoms with Crippen LogP contribution in [0.3, 0.4) is 0 Å². The van der Waals surface area contributed by atoms with Crippen LogP contribution in [0, 0.1) is 11.8 Å². The molecule has 0 fully saturated rings. The molecule has 2 atom stereocenters. The van der Waals surface area contributed by atoms with Crippen LogP contribution in [0.25, 0.3) is 10.8 Å². The fraction of sp³-hybridized carbons (Fsp3) is 0.548. The van der Waals surface area contributed by atoms with Crippen LogP contribution >= 0.6 is 0 Å². The Morgan fingerprint density at radius 3 is 2.18 bits per heavy atom. The molecule has 208 valence electrons. The van der Waals surface area contributed by atoms with Crippen molar-refractivity contribution in [2.24, 2.45) is 11.8 Å². The second kappa shape index (κ2) is 13.5. The number of ether oxygens (including phenoxy) is 1. The lowest BCUT2D eigenvalue weighted by Gasteiger charge is -2.23. The average molecular weight is 525 g/mol. The van der Waals surface area contributed by atoms with E-state index in [0.717, 1.165) is 16.3 Å². The molecule has 2 amide bonds. The summed E-state index contributed by atoms with van der Waals surface area (Å²) in [6, 6.07) is 14.0. The quantitative estimate of drug-likeness (QED) is 0.358. The topological polar surface area (TPSA) is 102 Å². The molecule has 2 aromatic carbocycles. The molecule has 0 aliphatic rings. The van der Waals surface area contributed by atoms with Gasteiger partial charge in [-0.3, -0.25) is 19.2 Å². The molecule has 7 heteroatoms. The summed E-state index contributed by atoms with van der Waals surface area (Å²) in [5, 5.41) is 8.05. The minimum absolute atomic E-state index is 0.0491. The van der Waals surface area contributed by atoms with Gasteiger partial charge in [0, 0.05) is 43.7 Å². The van der Waals surface area contributed by atoms with Crippen molar-refractivity contribution < 1.29 is 23.9 Å². The van der Waals surface area contributed by atoms with Crippen molar-refractivity contribution in [3.8, 4) is 0 Å². The van der Waals surface area contributed by atoms with Gasteiger partial charge in [-0.15, -0.1) is 0 Å². The van der Waals surface area contributed by atoms with E-state index in [1.807, 2.05) is 63.2 Å². The van der Waals surface area contributed by atoms with Crippen LogP contribution in [0.4, 0.5) is 0 Å². The van der Waals surface area contributed by atoms with Crippen molar-refractivity contribution >= 4 is 34.3 Å². The van der Waals surface area contributed by atoms with Crippen molar-refractivity contribution in [3.63, 3.8) is 0 Å². The summed E-state index contributed by atoms with van der Waals surface area (Å²) in [5.74, 6) is -1.67. The number of carbonyl (C=O) groups excluding carboxylic acids is 4. The number of esters is 1. The summed E-state index contributed by atoms with van der Waals surface area (Å²) in [5.41, 5.74) is 0.0230. The monoisotopic (exact) mass is 524 g/mol. The van der Waals surface area contributed by atoms with Crippen molar-refractivity contribution in [2.45, 2.75) is 98.3 Å². The molecule has 38 heavy (non-hydrogen) atoms. The van der Waals surface area contributed by atoms with Crippen molar-refractivity contribution in [1.29, 1.82) is 0 Å². The molecule has 0 spiro atoms. The Kier molecular flexibility index (Phi) is 11.0. The zero-order valence-corrected chi connectivity index (χ0v) is 24.0. The third-order valence-corrected chi connectivity index (χ3v) is 6.00. The van der Waals surface area contributed by atoms with E-state index in [2.05, 4.69) is 10.6 Å². The van der Waals surface area contributed by atoms with E-state index in [1.54, 1.807) is 27.7 Å². The molecule has 2 N–H and O–H groups in total. The van der Waals surface area contributed by atoms with E-state index < -0.39 is 17.5 Å². The molecule has 0 radical (unpaired) electrons. The van der Waals surface area contributed by atoms with Gasteiger partial charge in [0.2, 0.25) is 11.8 Å². The maximum atomic E-state index is 12.9. The molecular weight excluding hydrogens is 480 g/mol. The first-order valence-corrected chi connectivity index (χ1v) is 13.4. The summed E-state index contributed by atoms with van der Waals surface area (Å²) >= 11 is 0. The van der Waals surface area contributed by atoms with Crippen molar-refractivity contribution in [1.82, 2.24) is 10.6 Å². The molecule has 0 aliphatic carbocycles. The normalized spacial score (nSPS) is 13.4. The highest BCUT2D eigenvalue weighted by Crippen LogP contribution is 2.22. The van der Waals surface area contributed by atoms with Gasteiger partial charge in [0.15, 0.2) is 0 Å². The number of fused-ring (bicyclic) bond motifs is 1. The lowest BCUT2D eigenvalue weighted by molar-refractivity contribution is -0.156. The summed E-state index contributed by atoms with van der Waals surface area (Å²) in [6.07, 6.45) is 0.824. The zero-order chi connectivity index (χ0) is 28.5. The molecule has 7 nitrogen and oxygen atoms in total. The predicted molar refractivity (Wildman–Crippen MR) is 150 cm³/mol. The highest BCUT2D eigenvalue weighted by molar-refractivity contribution is 5.88. The SMILES string of the molecule is C[C@H](CC(=O)C[C@H](CCC(=O)NC(C)(C)C)CC(=O)OC(C)(C)C)C(=O)NCc1cccc2ccccc12. The summed E-state index contributed by atoms with van der Waals surface area (Å²) in [6.45, 7) is 13.2. The first kappa shape index (κ1) is 31.0. The molecule has 0 saturated carbocycles. The van der Waals surface area contributed by atoms with Crippen LogP contribution in [0.15, 0.2) is 42.5 Å². The van der Waals surface area contributed by atoms with Crippen molar-refractivity contribution in [2.75, 3.05) is 0 Å².